The molecule has 0 bridgehead atoms. The molecule has 0 radical (unpaired) electrons. The molecule has 0 aliphatic carbocycles. The topological polar surface area (TPSA) is 53.4 Å². The van der Waals surface area contributed by atoms with Crippen molar-refractivity contribution in [3.63, 3.8) is 0 Å². The van der Waals surface area contributed by atoms with E-state index in [1.165, 1.54) is 0 Å². The maximum absolute atomic E-state index is 10.9. The number of hydrogen-bond acceptors (Lipinski definition) is 4. The number of anilines is 1. The van der Waals surface area contributed by atoms with Gasteiger partial charge in [-0.25, -0.2) is 9.78 Å². The number of carboxylic acid groups (broad SMARTS) is 1. The second-order valence-corrected chi connectivity index (χ2v) is 5.49. The molecular weight excluding hydrogens is 260 g/mol. The van der Waals surface area contributed by atoms with Crippen LogP contribution in [0.5, 0.6) is 0 Å². The Labute approximate surface area is 109 Å². The molecule has 4 nitrogen and oxygen atoms in total. The van der Waals surface area contributed by atoms with Gasteiger partial charge in [0.15, 0.2) is 5.69 Å². The van der Waals surface area contributed by atoms with Crippen LogP contribution >= 0.6 is 23.4 Å². The van der Waals surface area contributed by atoms with Gasteiger partial charge in [-0.15, -0.1) is 0 Å². The molecule has 1 aromatic rings. The minimum Gasteiger partial charge on any atom is -0.476 e. The SMILES string of the molecule is CN(c1ccc(Cl)c(C(=O)O)n1)C1CCSC1. The van der Waals surface area contributed by atoms with Crippen LogP contribution in [-0.2, 0) is 0 Å². The molecular formula is C11H13ClN2O2S. The highest BCUT2D eigenvalue weighted by Gasteiger charge is 2.22. The van der Waals surface area contributed by atoms with Gasteiger partial charge < -0.3 is 10.0 Å². The zero-order valence-electron chi connectivity index (χ0n) is 9.39. The maximum Gasteiger partial charge on any atom is 0.356 e. The lowest BCUT2D eigenvalue weighted by atomic mass is 10.2. The average molecular weight is 273 g/mol. The van der Waals surface area contributed by atoms with Crippen molar-refractivity contribution in [1.82, 2.24) is 4.98 Å². The number of carbonyl (C=O) groups is 1. The van der Waals surface area contributed by atoms with Crippen molar-refractivity contribution in [2.75, 3.05) is 23.5 Å². The summed E-state index contributed by atoms with van der Waals surface area (Å²) in [6.07, 6.45) is 1.11. The predicted molar refractivity (Wildman–Crippen MR) is 70.3 cm³/mol. The smallest absolute Gasteiger partial charge is 0.356 e. The molecule has 2 rings (SSSR count). The molecule has 0 saturated carbocycles. The van der Waals surface area contributed by atoms with E-state index < -0.39 is 5.97 Å². The number of halogens is 1. The highest BCUT2D eigenvalue weighted by atomic mass is 35.5. The third kappa shape index (κ3) is 2.66. The van der Waals surface area contributed by atoms with Gasteiger partial charge in [-0.2, -0.15) is 11.8 Å². The molecule has 0 aromatic carbocycles. The monoisotopic (exact) mass is 272 g/mol. The molecule has 1 fully saturated rings. The maximum atomic E-state index is 10.9. The van der Waals surface area contributed by atoms with E-state index >= 15 is 0 Å². The molecule has 1 saturated heterocycles. The summed E-state index contributed by atoms with van der Waals surface area (Å²) in [5.74, 6) is 1.78. The van der Waals surface area contributed by atoms with Gasteiger partial charge in [-0.1, -0.05) is 11.6 Å². The number of aromatic nitrogens is 1. The van der Waals surface area contributed by atoms with Crippen LogP contribution in [0.4, 0.5) is 5.82 Å². The normalized spacial score (nSPS) is 19.3. The zero-order valence-corrected chi connectivity index (χ0v) is 11.0. The van der Waals surface area contributed by atoms with Crippen LogP contribution in [-0.4, -0.2) is 40.7 Å². The first-order valence-corrected chi connectivity index (χ1v) is 6.83. The Morgan fingerprint density at radius 2 is 2.41 bits per heavy atom. The molecule has 0 amide bonds. The number of aromatic carboxylic acids is 1. The van der Waals surface area contributed by atoms with Gasteiger partial charge in [0.1, 0.15) is 5.82 Å². The minimum absolute atomic E-state index is 0.0818. The predicted octanol–water partition coefficient (Wildman–Crippen LogP) is 2.37. The summed E-state index contributed by atoms with van der Waals surface area (Å²) >= 11 is 7.70. The van der Waals surface area contributed by atoms with Crippen molar-refractivity contribution in [1.29, 1.82) is 0 Å². The van der Waals surface area contributed by atoms with Crippen molar-refractivity contribution in [3.8, 4) is 0 Å². The summed E-state index contributed by atoms with van der Waals surface area (Å²) in [5.41, 5.74) is -0.0818. The lowest BCUT2D eigenvalue weighted by molar-refractivity contribution is 0.0691. The van der Waals surface area contributed by atoms with Crippen molar-refractivity contribution in [2.24, 2.45) is 0 Å². The first-order valence-electron chi connectivity index (χ1n) is 5.30. The van der Waals surface area contributed by atoms with Crippen LogP contribution in [0.2, 0.25) is 5.02 Å². The third-order valence-electron chi connectivity index (χ3n) is 2.85. The first kappa shape index (κ1) is 12.5. The van der Waals surface area contributed by atoms with E-state index in [2.05, 4.69) is 4.98 Å². The Bertz CT molecular complexity index is 435. The van der Waals surface area contributed by atoms with Gasteiger partial charge in [0.2, 0.25) is 0 Å². The molecule has 1 unspecified atom stereocenters. The van der Waals surface area contributed by atoms with E-state index in [0.29, 0.717) is 11.9 Å². The summed E-state index contributed by atoms with van der Waals surface area (Å²) in [6, 6.07) is 3.78. The Balaban J connectivity index is 2.26. The van der Waals surface area contributed by atoms with E-state index in [4.69, 9.17) is 16.7 Å². The van der Waals surface area contributed by atoms with Gasteiger partial charge in [-0.05, 0) is 24.3 Å². The Morgan fingerprint density at radius 3 is 3.00 bits per heavy atom. The molecule has 1 aromatic heterocycles. The standard InChI is InChI=1S/C11H13ClN2O2S/c1-14(7-4-5-17-6-7)9-3-2-8(12)10(13-9)11(15)16/h2-3,7H,4-6H2,1H3,(H,15,16). The molecule has 1 aliphatic rings. The van der Waals surface area contributed by atoms with Crippen molar-refractivity contribution in [3.05, 3.63) is 22.8 Å². The van der Waals surface area contributed by atoms with E-state index in [0.717, 1.165) is 17.9 Å². The number of rotatable bonds is 3. The summed E-state index contributed by atoms with van der Waals surface area (Å²) in [4.78, 5) is 17.1. The molecule has 2 heterocycles. The average Bonchev–Trinajstić information content (AvgIpc) is 2.81. The van der Waals surface area contributed by atoms with Crippen LogP contribution in [0.15, 0.2) is 12.1 Å². The van der Waals surface area contributed by atoms with Crippen molar-refractivity contribution < 1.29 is 9.90 Å². The Hall–Kier alpha value is -0.940. The molecule has 0 spiro atoms. The van der Waals surface area contributed by atoms with E-state index in [-0.39, 0.29) is 10.7 Å². The van der Waals surface area contributed by atoms with Gasteiger partial charge >= 0.3 is 5.97 Å². The molecule has 1 aliphatic heterocycles. The summed E-state index contributed by atoms with van der Waals surface area (Å²) in [5, 5.41) is 9.14. The van der Waals surface area contributed by atoms with Crippen molar-refractivity contribution in [2.45, 2.75) is 12.5 Å². The number of thioether (sulfide) groups is 1. The second kappa shape index (κ2) is 5.14. The van der Waals surface area contributed by atoms with Crippen LogP contribution in [0.1, 0.15) is 16.9 Å². The van der Waals surface area contributed by atoms with Gasteiger partial charge in [0.05, 0.1) is 5.02 Å². The Kier molecular flexibility index (Phi) is 3.79. The molecule has 92 valence electrons. The van der Waals surface area contributed by atoms with Crippen LogP contribution in [0, 0.1) is 0 Å². The fourth-order valence-corrected chi connectivity index (χ4v) is 3.25. The van der Waals surface area contributed by atoms with Crippen LogP contribution in [0.3, 0.4) is 0 Å². The van der Waals surface area contributed by atoms with E-state index in [1.807, 2.05) is 23.7 Å². The lowest BCUT2D eigenvalue weighted by Crippen LogP contribution is -2.32. The summed E-state index contributed by atoms with van der Waals surface area (Å²) < 4.78 is 0. The van der Waals surface area contributed by atoms with Gasteiger partial charge in [-0.3, -0.25) is 0 Å². The lowest BCUT2D eigenvalue weighted by Gasteiger charge is -2.25. The largest absolute Gasteiger partial charge is 0.476 e. The fourth-order valence-electron chi connectivity index (χ4n) is 1.79. The number of pyridine rings is 1. The Morgan fingerprint density at radius 1 is 1.65 bits per heavy atom. The van der Waals surface area contributed by atoms with Gasteiger partial charge in [0.25, 0.3) is 0 Å². The number of carboxylic acids is 1. The highest BCUT2D eigenvalue weighted by Crippen LogP contribution is 2.26. The quantitative estimate of drug-likeness (QED) is 0.916. The minimum atomic E-state index is -1.09. The van der Waals surface area contributed by atoms with Crippen LogP contribution in [0.25, 0.3) is 0 Å². The molecule has 17 heavy (non-hydrogen) atoms. The third-order valence-corrected chi connectivity index (χ3v) is 4.30. The number of nitrogens with zero attached hydrogens (tertiary/aromatic N) is 2. The summed E-state index contributed by atoms with van der Waals surface area (Å²) in [6.45, 7) is 0. The summed E-state index contributed by atoms with van der Waals surface area (Å²) in [7, 11) is 1.94. The van der Waals surface area contributed by atoms with E-state index in [9.17, 15) is 4.79 Å². The van der Waals surface area contributed by atoms with Crippen LogP contribution < -0.4 is 4.90 Å². The molecule has 1 atom stereocenters. The van der Waals surface area contributed by atoms with E-state index in [1.54, 1.807) is 12.1 Å². The zero-order chi connectivity index (χ0) is 12.4. The molecule has 6 heteroatoms. The second-order valence-electron chi connectivity index (χ2n) is 3.93. The van der Waals surface area contributed by atoms with Crippen molar-refractivity contribution >= 4 is 35.1 Å². The highest BCUT2D eigenvalue weighted by molar-refractivity contribution is 7.99. The molecule has 1 N–H and O–H groups in total. The fraction of sp³-hybridized carbons (Fsp3) is 0.455. The first-order chi connectivity index (χ1) is 8.09. The van der Waals surface area contributed by atoms with Gasteiger partial charge in [0, 0.05) is 18.8 Å². The number of hydrogen-bond donors (Lipinski definition) is 1.